The van der Waals surface area contributed by atoms with E-state index >= 15 is 0 Å². The van der Waals surface area contributed by atoms with Crippen LogP contribution in [-0.4, -0.2) is 23.2 Å². The summed E-state index contributed by atoms with van der Waals surface area (Å²) in [6.07, 6.45) is 0. The number of benzene rings is 2. The first-order valence-corrected chi connectivity index (χ1v) is 10.1. The smallest absolute Gasteiger partial charge is 0.297 e. The molecule has 7 nitrogen and oxygen atoms in total. The van der Waals surface area contributed by atoms with Gasteiger partial charge in [0.15, 0.2) is 5.43 Å². The highest BCUT2D eigenvalue weighted by Crippen LogP contribution is 2.42. The third-order valence-electron chi connectivity index (χ3n) is 5.19. The van der Waals surface area contributed by atoms with Gasteiger partial charge in [0, 0.05) is 6.07 Å². The van der Waals surface area contributed by atoms with E-state index in [1.54, 1.807) is 18.2 Å². The van der Waals surface area contributed by atoms with Gasteiger partial charge in [-0.15, -0.1) is 10.2 Å². The monoisotopic (exact) mass is 419 g/mol. The van der Waals surface area contributed by atoms with Crippen molar-refractivity contribution in [3.05, 3.63) is 80.1 Å². The van der Waals surface area contributed by atoms with Crippen LogP contribution in [-0.2, 0) is 0 Å². The van der Waals surface area contributed by atoms with Crippen LogP contribution in [0.4, 0.5) is 5.13 Å². The number of hydrogen-bond donors (Lipinski definition) is 0. The lowest BCUT2D eigenvalue weighted by Gasteiger charge is -2.22. The first-order valence-electron chi connectivity index (χ1n) is 9.33. The van der Waals surface area contributed by atoms with Crippen LogP contribution >= 0.6 is 11.3 Å². The number of rotatable bonds is 3. The Kier molecular flexibility index (Phi) is 4.18. The number of fused-ring (bicyclic) bond motifs is 2. The van der Waals surface area contributed by atoms with Gasteiger partial charge in [0.2, 0.25) is 10.9 Å². The van der Waals surface area contributed by atoms with Crippen LogP contribution in [0.15, 0.2) is 51.7 Å². The number of aryl methyl sites for hydroxylation is 2. The van der Waals surface area contributed by atoms with Gasteiger partial charge in [-0.2, -0.15) is 0 Å². The summed E-state index contributed by atoms with van der Waals surface area (Å²) >= 11 is 1.30. The topological polar surface area (TPSA) is 85.5 Å². The van der Waals surface area contributed by atoms with Gasteiger partial charge >= 0.3 is 0 Å². The minimum Gasteiger partial charge on any atom is -0.497 e. The summed E-state index contributed by atoms with van der Waals surface area (Å²) in [5, 5.41) is 9.76. The third kappa shape index (κ3) is 2.72. The van der Waals surface area contributed by atoms with E-state index < -0.39 is 11.9 Å². The Morgan fingerprint density at radius 3 is 2.50 bits per heavy atom. The second kappa shape index (κ2) is 6.77. The highest BCUT2D eigenvalue weighted by molar-refractivity contribution is 7.15. The minimum absolute atomic E-state index is 0.0270. The van der Waals surface area contributed by atoms with Crippen molar-refractivity contribution in [1.82, 2.24) is 10.2 Å². The molecular weight excluding hydrogens is 402 g/mol. The lowest BCUT2D eigenvalue weighted by molar-refractivity contribution is 0.0970. The van der Waals surface area contributed by atoms with E-state index in [0.29, 0.717) is 27.4 Å². The van der Waals surface area contributed by atoms with Crippen molar-refractivity contribution >= 4 is 33.3 Å². The fourth-order valence-electron chi connectivity index (χ4n) is 3.72. The number of carbonyl (C=O) groups is 1. The molecule has 1 aliphatic heterocycles. The second-order valence-electron chi connectivity index (χ2n) is 7.13. The van der Waals surface area contributed by atoms with E-state index in [1.165, 1.54) is 23.3 Å². The normalized spacial score (nSPS) is 15.6. The Morgan fingerprint density at radius 1 is 1.07 bits per heavy atom. The average molecular weight is 419 g/mol. The second-order valence-corrected chi connectivity index (χ2v) is 8.29. The molecule has 1 unspecified atom stereocenters. The van der Waals surface area contributed by atoms with Gasteiger partial charge in [-0.1, -0.05) is 41.2 Å². The summed E-state index contributed by atoms with van der Waals surface area (Å²) in [6.45, 7) is 3.80. The number of aromatic nitrogens is 2. The molecule has 150 valence electrons. The van der Waals surface area contributed by atoms with Gasteiger partial charge in [-0.3, -0.25) is 14.5 Å². The van der Waals surface area contributed by atoms with Crippen LogP contribution in [0.3, 0.4) is 0 Å². The number of ether oxygens (including phenoxy) is 1. The number of nitrogens with zero attached hydrogens (tertiary/aromatic N) is 3. The van der Waals surface area contributed by atoms with E-state index in [0.717, 1.165) is 16.1 Å². The fraction of sp³-hybridized carbons (Fsp3) is 0.182. The maximum absolute atomic E-state index is 13.5. The number of carbonyl (C=O) groups excluding carboxylic acids is 1. The summed E-state index contributed by atoms with van der Waals surface area (Å²) in [7, 11) is 1.53. The van der Waals surface area contributed by atoms with Gasteiger partial charge in [0.25, 0.3) is 5.91 Å². The Morgan fingerprint density at radius 2 is 1.83 bits per heavy atom. The van der Waals surface area contributed by atoms with Crippen LogP contribution in [0.5, 0.6) is 5.75 Å². The third-order valence-corrected chi connectivity index (χ3v) is 6.03. The highest BCUT2D eigenvalue weighted by Gasteiger charge is 2.45. The number of amides is 1. The van der Waals surface area contributed by atoms with Crippen LogP contribution in [0.25, 0.3) is 11.0 Å². The lowest BCUT2D eigenvalue weighted by Crippen LogP contribution is -2.29. The van der Waals surface area contributed by atoms with Crippen molar-refractivity contribution < 1.29 is 13.9 Å². The highest BCUT2D eigenvalue weighted by atomic mass is 32.1. The van der Waals surface area contributed by atoms with Crippen LogP contribution in [0, 0.1) is 13.8 Å². The SMILES string of the molecule is COc1ccc2c(=O)c3c(oc2c1)C(=O)N(c1nnc(C)s1)C3c1ccc(C)cc1. The maximum atomic E-state index is 13.5. The minimum atomic E-state index is -0.636. The van der Waals surface area contributed by atoms with Gasteiger partial charge in [-0.05, 0) is 31.5 Å². The van der Waals surface area contributed by atoms with E-state index in [2.05, 4.69) is 10.2 Å². The molecule has 3 heterocycles. The Hall–Kier alpha value is -3.52. The van der Waals surface area contributed by atoms with Crippen molar-refractivity contribution in [2.24, 2.45) is 0 Å². The molecule has 0 aliphatic carbocycles. The van der Waals surface area contributed by atoms with Gasteiger partial charge in [-0.25, -0.2) is 0 Å². The first kappa shape index (κ1) is 18.5. The van der Waals surface area contributed by atoms with E-state index in [-0.39, 0.29) is 11.2 Å². The first-order chi connectivity index (χ1) is 14.5. The molecule has 2 aromatic carbocycles. The molecule has 0 saturated carbocycles. The number of methoxy groups -OCH3 is 1. The van der Waals surface area contributed by atoms with Crippen molar-refractivity contribution in [2.45, 2.75) is 19.9 Å². The molecule has 0 bridgehead atoms. The summed E-state index contributed by atoms with van der Waals surface area (Å²) in [4.78, 5) is 28.4. The molecule has 0 N–H and O–H groups in total. The molecule has 1 amide bonds. The van der Waals surface area contributed by atoms with Gasteiger partial charge < -0.3 is 9.15 Å². The molecule has 1 atom stereocenters. The Labute approximate surface area is 175 Å². The molecule has 30 heavy (non-hydrogen) atoms. The van der Waals surface area contributed by atoms with Crippen molar-refractivity contribution in [2.75, 3.05) is 12.0 Å². The van der Waals surface area contributed by atoms with Crippen LogP contribution in [0.2, 0.25) is 0 Å². The summed E-state index contributed by atoms with van der Waals surface area (Å²) in [6, 6.07) is 12.1. The van der Waals surface area contributed by atoms with Gasteiger partial charge in [0.1, 0.15) is 16.3 Å². The van der Waals surface area contributed by atoms with E-state index in [9.17, 15) is 9.59 Å². The molecule has 1 aliphatic rings. The summed E-state index contributed by atoms with van der Waals surface area (Å²) in [5.41, 5.74) is 2.27. The molecular formula is C22H17N3O4S. The van der Waals surface area contributed by atoms with Crippen molar-refractivity contribution in [3.8, 4) is 5.75 Å². The largest absolute Gasteiger partial charge is 0.497 e. The number of anilines is 1. The van der Waals surface area contributed by atoms with Crippen LogP contribution in [0.1, 0.15) is 38.3 Å². The quantitative estimate of drug-likeness (QED) is 0.499. The maximum Gasteiger partial charge on any atom is 0.297 e. The molecule has 0 fully saturated rings. The lowest BCUT2D eigenvalue weighted by atomic mass is 9.98. The molecule has 5 rings (SSSR count). The molecule has 8 heteroatoms. The van der Waals surface area contributed by atoms with Crippen molar-refractivity contribution in [3.63, 3.8) is 0 Å². The molecule has 0 saturated heterocycles. The number of hydrogen-bond acceptors (Lipinski definition) is 7. The molecule has 2 aromatic heterocycles. The summed E-state index contributed by atoms with van der Waals surface area (Å²) < 4.78 is 11.2. The zero-order valence-electron chi connectivity index (χ0n) is 16.5. The zero-order chi connectivity index (χ0) is 21.0. The fourth-order valence-corrected chi connectivity index (χ4v) is 4.44. The van der Waals surface area contributed by atoms with Crippen LogP contribution < -0.4 is 15.1 Å². The average Bonchev–Trinajstić information content (AvgIpc) is 3.29. The zero-order valence-corrected chi connectivity index (χ0v) is 17.3. The van der Waals surface area contributed by atoms with E-state index in [1.807, 2.05) is 38.1 Å². The predicted molar refractivity (Wildman–Crippen MR) is 114 cm³/mol. The van der Waals surface area contributed by atoms with Gasteiger partial charge in [0.05, 0.1) is 24.1 Å². The molecule has 0 spiro atoms. The summed E-state index contributed by atoms with van der Waals surface area (Å²) in [5.74, 6) is 0.162. The Balaban J connectivity index is 1.80. The van der Waals surface area contributed by atoms with Crippen molar-refractivity contribution in [1.29, 1.82) is 0 Å². The standard InChI is InChI=1S/C22H17N3O4S/c1-11-4-6-13(7-5-11)18-17-19(26)15-9-8-14(28-3)10-16(15)29-20(17)21(27)25(18)22-24-23-12(2)30-22/h4-10,18H,1-3H3. The molecule has 4 aromatic rings. The van der Waals surface area contributed by atoms with E-state index in [4.69, 9.17) is 9.15 Å². The molecule has 0 radical (unpaired) electrons. The Bertz CT molecular complexity index is 1360. The predicted octanol–water partition coefficient (Wildman–Crippen LogP) is 4.02.